The minimum absolute atomic E-state index is 0.0146. The Bertz CT molecular complexity index is 941. The van der Waals surface area contributed by atoms with Crippen LogP contribution in [0.25, 0.3) is 0 Å². The summed E-state index contributed by atoms with van der Waals surface area (Å²) in [6, 6.07) is -1.47. The zero-order valence-corrected chi connectivity index (χ0v) is 32.4. The summed E-state index contributed by atoms with van der Waals surface area (Å²) in [6.45, 7) is 3.74. The summed E-state index contributed by atoms with van der Waals surface area (Å²) in [5.74, 6) is -1.79. The maximum absolute atomic E-state index is 12.6. The highest BCUT2D eigenvalue weighted by molar-refractivity contribution is 7.47. The van der Waals surface area contributed by atoms with Crippen molar-refractivity contribution in [3.05, 3.63) is 36.5 Å². The summed E-state index contributed by atoms with van der Waals surface area (Å²) in [4.78, 5) is 33.4. The van der Waals surface area contributed by atoms with Gasteiger partial charge in [-0.15, -0.1) is 0 Å². The van der Waals surface area contributed by atoms with Gasteiger partial charge in [0.05, 0.1) is 19.8 Å². The normalized spacial score (nSPS) is 14.5. The molecule has 3 atom stereocenters. The molecule has 0 aromatic heterocycles. The molecule has 292 valence electrons. The van der Waals surface area contributed by atoms with Gasteiger partial charge in [0.15, 0.2) is 0 Å². The number of esters is 1. The van der Waals surface area contributed by atoms with E-state index in [4.69, 9.17) is 29.4 Å². The van der Waals surface area contributed by atoms with Crippen molar-refractivity contribution in [2.45, 2.75) is 174 Å². The molecule has 0 aliphatic carbocycles. The number of phosphoric ester groups is 1. The molecule has 11 heteroatoms. The van der Waals surface area contributed by atoms with E-state index in [1.807, 2.05) is 0 Å². The molecule has 0 heterocycles. The van der Waals surface area contributed by atoms with Crippen molar-refractivity contribution in [1.82, 2.24) is 0 Å². The molecule has 0 saturated heterocycles. The molecule has 0 radical (unpaired) electrons. The Morgan fingerprint density at radius 1 is 0.660 bits per heavy atom. The molecular formula is C39H72NO9P. The second-order valence-corrected chi connectivity index (χ2v) is 14.5. The van der Waals surface area contributed by atoms with Crippen LogP contribution < -0.4 is 5.73 Å². The van der Waals surface area contributed by atoms with E-state index in [-0.39, 0.29) is 13.0 Å². The SMILES string of the molecule is CC/C=C\C/C=C\C/C=C\CCCCCCCCCC(=O)OC(COCCCCCCCCCCCCC)COP(=O)(O)OCC(N)C(=O)O. The molecule has 3 unspecified atom stereocenters. The summed E-state index contributed by atoms with van der Waals surface area (Å²) < 4.78 is 33.2. The van der Waals surface area contributed by atoms with Gasteiger partial charge in [-0.05, 0) is 44.9 Å². The van der Waals surface area contributed by atoms with Crippen molar-refractivity contribution in [1.29, 1.82) is 0 Å². The van der Waals surface area contributed by atoms with Crippen LogP contribution in [0.2, 0.25) is 0 Å². The fourth-order valence-corrected chi connectivity index (χ4v) is 5.92. The maximum atomic E-state index is 12.6. The Morgan fingerprint density at radius 3 is 1.74 bits per heavy atom. The molecule has 0 saturated carbocycles. The Hall–Kier alpha value is -1.81. The van der Waals surface area contributed by atoms with Crippen LogP contribution in [0.5, 0.6) is 0 Å². The number of hydrogen-bond acceptors (Lipinski definition) is 8. The second-order valence-electron chi connectivity index (χ2n) is 13.0. The number of carboxylic acids is 1. The summed E-state index contributed by atoms with van der Waals surface area (Å²) >= 11 is 0. The lowest BCUT2D eigenvalue weighted by Gasteiger charge is -2.20. The first-order chi connectivity index (χ1) is 24.2. The number of aliphatic carboxylic acids is 1. The summed E-state index contributed by atoms with van der Waals surface area (Å²) in [5.41, 5.74) is 5.34. The van der Waals surface area contributed by atoms with E-state index in [1.54, 1.807) is 0 Å². The third-order valence-corrected chi connectivity index (χ3v) is 9.13. The van der Waals surface area contributed by atoms with E-state index in [2.05, 4.69) is 50.3 Å². The molecule has 0 spiro atoms. The Labute approximate surface area is 304 Å². The van der Waals surface area contributed by atoms with Gasteiger partial charge in [-0.25, -0.2) is 4.57 Å². The summed E-state index contributed by atoms with van der Waals surface area (Å²) in [6.07, 6.45) is 37.6. The fraction of sp³-hybridized carbons (Fsp3) is 0.795. The second kappa shape index (κ2) is 35.6. The van der Waals surface area contributed by atoms with Crippen molar-refractivity contribution in [2.75, 3.05) is 26.4 Å². The molecule has 0 aliphatic rings. The van der Waals surface area contributed by atoms with Gasteiger partial charge in [-0.3, -0.25) is 18.6 Å². The molecule has 0 aromatic rings. The molecule has 0 bridgehead atoms. The van der Waals surface area contributed by atoms with Crippen LogP contribution in [0.4, 0.5) is 0 Å². The first-order valence-corrected chi connectivity index (χ1v) is 21.0. The molecule has 10 nitrogen and oxygen atoms in total. The molecule has 0 aliphatic heterocycles. The van der Waals surface area contributed by atoms with Gasteiger partial charge >= 0.3 is 19.8 Å². The number of unbranched alkanes of at least 4 members (excludes halogenated alkanes) is 17. The smallest absolute Gasteiger partial charge is 0.472 e. The Morgan fingerprint density at radius 2 is 1.16 bits per heavy atom. The Kier molecular flexibility index (Phi) is 34.3. The van der Waals surface area contributed by atoms with E-state index in [1.165, 1.54) is 70.6 Å². The number of hydrogen-bond donors (Lipinski definition) is 3. The number of carboxylic acid groups (broad SMARTS) is 1. The molecule has 0 fully saturated rings. The molecular weight excluding hydrogens is 657 g/mol. The zero-order valence-electron chi connectivity index (χ0n) is 31.5. The number of carbonyl (C=O) groups excluding carboxylic acids is 1. The topological polar surface area (TPSA) is 155 Å². The predicted octanol–water partition coefficient (Wildman–Crippen LogP) is 10.1. The van der Waals surface area contributed by atoms with Crippen LogP contribution >= 0.6 is 7.82 Å². The average Bonchev–Trinajstić information content (AvgIpc) is 3.09. The summed E-state index contributed by atoms with van der Waals surface area (Å²) in [7, 11) is -4.61. The van der Waals surface area contributed by atoms with Crippen LogP contribution in [0, 0.1) is 0 Å². The standard InChI is InChI=1S/C39H72NO9P/c1-3-5-7-9-11-13-15-16-17-18-19-20-21-23-25-27-29-31-38(41)49-36(34-47-50(44,45)48-35-37(40)39(42)43)33-46-32-30-28-26-24-22-14-12-10-8-6-4-2/h5,7,11,13,16-17,36-37H,3-4,6,8-10,12,14-15,18-35,40H2,1-2H3,(H,42,43)(H,44,45)/b7-5-,13-11-,17-16-. The van der Waals surface area contributed by atoms with Gasteiger partial charge in [0.1, 0.15) is 12.1 Å². The van der Waals surface area contributed by atoms with E-state index >= 15 is 0 Å². The van der Waals surface area contributed by atoms with Gasteiger partial charge in [0, 0.05) is 13.0 Å². The number of nitrogens with two attached hydrogens (primary N) is 1. The lowest BCUT2D eigenvalue weighted by molar-refractivity contribution is -0.154. The largest absolute Gasteiger partial charge is 0.480 e. The fourth-order valence-electron chi connectivity index (χ4n) is 5.15. The molecule has 0 rings (SSSR count). The van der Waals surface area contributed by atoms with Crippen molar-refractivity contribution in [3.8, 4) is 0 Å². The third kappa shape index (κ3) is 34.6. The monoisotopic (exact) mass is 729 g/mol. The number of allylic oxidation sites excluding steroid dienone is 6. The number of rotatable bonds is 37. The van der Waals surface area contributed by atoms with Crippen LogP contribution in [0.15, 0.2) is 36.5 Å². The minimum Gasteiger partial charge on any atom is -0.480 e. The van der Waals surface area contributed by atoms with Crippen LogP contribution in [0.1, 0.15) is 162 Å². The lowest BCUT2D eigenvalue weighted by atomic mass is 10.1. The molecule has 0 amide bonds. The first kappa shape index (κ1) is 48.2. The Balaban J connectivity index is 4.29. The predicted molar refractivity (Wildman–Crippen MR) is 203 cm³/mol. The van der Waals surface area contributed by atoms with E-state index in [0.29, 0.717) is 13.0 Å². The highest BCUT2D eigenvalue weighted by Gasteiger charge is 2.27. The van der Waals surface area contributed by atoms with Gasteiger partial charge in [0.2, 0.25) is 0 Å². The lowest BCUT2D eigenvalue weighted by Crippen LogP contribution is -2.34. The number of phosphoric acid groups is 1. The van der Waals surface area contributed by atoms with Gasteiger partial charge < -0.3 is 25.2 Å². The van der Waals surface area contributed by atoms with Gasteiger partial charge in [-0.2, -0.15) is 0 Å². The third-order valence-electron chi connectivity index (χ3n) is 8.18. The van der Waals surface area contributed by atoms with E-state index in [9.17, 15) is 19.0 Å². The van der Waals surface area contributed by atoms with Crippen LogP contribution in [-0.4, -0.2) is 60.5 Å². The van der Waals surface area contributed by atoms with E-state index < -0.39 is 45.1 Å². The van der Waals surface area contributed by atoms with Crippen LogP contribution in [0.3, 0.4) is 0 Å². The van der Waals surface area contributed by atoms with Crippen molar-refractivity contribution in [3.63, 3.8) is 0 Å². The number of ether oxygens (including phenoxy) is 2. The molecule has 4 N–H and O–H groups in total. The van der Waals surface area contributed by atoms with Gasteiger partial charge in [-0.1, -0.05) is 147 Å². The van der Waals surface area contributed by atoms with E-state index in [0.717, 1.165) is 64.2 Å². The maximum Gasteiger partial charge on any atom is 0.472 e. The quantitative estimate of drug-likeness (QED) is 0.0243. The number of carbonyl (C=O) groups is 2. The highest BCUT2D eigenvalue weighted by atomic mass is 31.2. The van der Waals surface area contributed by atoms with Crippen molar-refractivity contribution >= 4 is 19.8 Å². The summed E-state index contributed by atoms with van der Waals surface area (Å²) in [5, 5.41) is 8.86. The highest BCUT2D eigenvalue weighted by Crippen LogP contribution is 2.43. The molecule has 50 heavy (non-hydrogen) atoms. The van der Waals surface area contributed by atoms with Crippen molar-refractivity contribution < 1.29 is 42.7 Å². The van der Waals surface area contributed by atoms with Crippen LogP contribution in [-0.2, 0) is 32.7 Å². The minimum atomic E-state index is -4.61. The molecule has 0 aromatic carbocycles. The average molecular weight is 730 g/mol. The zero-order chi connectivity index (χ0) is 37.0. The first-order valence-electron chi connectivity index (χ1n) is 19.5. The van der Waals surface area contributed by atoms with Crippen molar-refractivity contribution in [2.24, 2.45) is 5.73 Å². The van der Waals surface area contributed by atoms with Gasteiger partial charge in [0.25, 0.3) is 0 Å².